The Morgan fingerprint density at radius 1 is 1.20 bits per heavy atom. The first kappa shape index (κ1) is 13.0. The van der Waals surface area contributed by atoms with Gasteiger partial charge < -0.3 is 11.5 Å². The number of anilines is 1. The van der Waals surface area contributed by atoms with Gasteiger partial charge in [-0.05, 0) is 48.6 Å². The third kappa shape index (κ3) is 2.49. The van der Waals surface area contributed by atoms with Crippen molar-refractivity contribution < 1.29 is 4.79 Å². The van der Waals surface area contributed by atoms with Crippen LogP contribution in [-0.4, -0.2) is 10.9 Å². The molecule has 3 rings (SSSR count). The van der Waals surface area contributed by atoms with E-state index in [1.54, 1.807) is 12.3 Å². The minimum Gasteiger partial charge on any atom is -0.397 e. The van der Waals surface area contributed by atoms with Crippen LogP contribution in [0.1, 0.15) is 27.9 Å². The van der Waals surface area contributed by atoms with Gasteiger partial charge in [-0.15, -0.1) is 0 Å². The largest absolute Gasteiger partial charge is 0.397 e. The van der Waals surface area contributed by atoms with Crippen LogP contribution in [0.2, 0.25) is 0 Å². The van der Waals surface area contributed by atoms with Crippen molar-refractivity contribution in [2.45, 2.75) is 29.2 Å². The fourth-order valence-electron chi connectivity index (χ4n) is 2.45. The maximum absolute atomic E-state index is 11.5. The van der Waals surface area contributed by atoms with Crippen LogP contribution in [0.3, 0.4) is 0 Å². The smallest absolute Gasteiger partial charge is 0.251 e. The number of aryl methyl sites for hydroxylation is 2. The molecule has 1 aromatic carbocycles. The second kappa shape index (κ2) is 5.17. The van der Waals surface area contributed by atoms with E-state index in [0.717, 1.165) is 17.7 Å². The highest BCUT2D eigenvalue weighted by Gasteiger charge is 2.14. The molecule has 0 unspecified atom stereocenters. The molecule has 1 heterocycles. The number of hydrogen-bond acceptors (Lipinski definition) is 4. The maximum atomic E-state index is 11.5. The average molecular weight is 285 g/mol. The molecule has 0 radical (unpaired) electrons. The lowest BCUT2D eigenvalue weighted by molar-refractivity contribution is 0.0997. The first-order chi connectivity index (χ1) is 9.63. The number of nitrogens with zero attached hydrogens (tertiary/aromatic N) is 1. The molecule has 1 aliphatic carbocycles. The van der Waals surface area contributed by atoms with Gasteiger partial charge in [0.1, 0.15) is 5.03 Å². The van der Waals surface area contributed by atoms with E-state index in [1.165, 1.54) is 29.3 Å². The summed E-state index contributed by atoms with van der Waals surface area (Å²) in [7, 11) is 0. The molecule has 0 spiro atoms. The molecule has 2 aromatic rings. The minimum absolute atomic E-state index is 0.371. The van der Waals surface area contributed by atoms with Crippen molar-refractivity contribution in [1.29, 1.82) is 0 Å². The lowest BCUT2D eigenvalue weighted by Crippen LogP contribution is -2.13. The summed E-state index contributed by atoms with van der Waals surface area (Å²) < 4.78 is 0. The first-order valence-electron chi connectivity index (χ1n) is 6.48. The summed E-state index contributed by atoms with van der Waals surface area (Å²) in [6, 6.07) is 7.98. The Morgan fingerprint density at radius 3 is 2.80 bits per heavy atom. The topological polar surface area (TPSA) is 82.0 Å². The van der Waals surface area contributed by atoms with Gasteiger partial charge in [-0.3, -0.25) is 4.79 Å². The number of fused-ring (bicyclic) bond motifs is 1. The highest BCUT2D eigenvalue weighted by atomic mass is 32.2. The van der Waals surface area contributed by atoms with Crippen molar-refractivity contribution in [3.63, 3.8) is 0 Å². The van der Waals surface area contributed by atoms with Crippen molar-refractivity contribution >= 4 is 23.4 Å². The van der Waals surface area contributed by atoms with Crippen LogP contribution in [0.5, 0.6) is 0 Å². The number of aromatic nitrogens is 1. The molecule has 0 bridgehead atoms. The van der Waals surface area contributed by atoms with Crippen molar-refractivity contribution in [2.75, 3.05) is 5.73 Å². The van der Waals surface area contributed by atoms with Gasteiger partial charge in [0.2, 0.25) is 0 Å². The van der Waals surface area contributed by atoms with Gasteiger partial charge in [0, 0.05) is 4.90 Å². The summed E-state index contributed by atoms with van der Waals surface area (Å²) in [5.74, 6) is -0.506. The van der Waals surface area contributed by atoms with Gasteiger partial charge in [-0.2, -0.15) is 0 Å². The standard InChI is InChI=1S/C15H15N3OS/c16-11-7-13(14(17)19)15(18-8-11)20-12-5-4-9-2-1-3-10(9)6-12/h4-8H,1-3,16H2,(H2,17,19). The molecular weight excluding hydrogens is 270 g/mol. The predicted octanol–water partition coefficient (Wildman–Crippen LogP) is 2.40. The molecule has 0 saturated carbocycles. The second-order valence-electron chi connectivity index (χ2n) is 4.87. The van der Waals surface area contributed by atoms with Crippen molar-refractivity contribution in [1.82, 2.24) is 4.98 Å². The number of carbonyl (C=O) groups is 1. The van der Waals surface area contributed by atoms with Gasteiger partial charge >= 0.3 is 0 Å². The molecule has 0 atom stereocenters. The van der Waals surface area contributed by atoms with E-state index in [1.807, 2.05) is 0 Å². The van der Waals surface area contributed by atoms with Crippen LogP contribution in [0.4, 0.5) is 5.69 Å². The zero-order chi connectivity index (χ0) is 14.1. The molecule has 20 heavy (non-hydrogen) atoms. The van der Waals surface area contributed by atoms with Crippen molar-refractivity contribution in [3.05, 3.63) is 47.2 Å². The van der Waals surface area contributed by atoms with E-state index in [0.29, 0.717) is 16.3 Å². The molecule has 4 N–H and O–H groups in total. The molecule has 1 aliphatic rings. The third-order valence-corrected chi connectivity index (χ3v) is 4.43. The molecule has 0 saturated heterocycles. The number of nitrogen functional groups attached to an aromatic ring is 1. The van der Waals surface area contributed by atoms with Crippen molar-refractivity contribution in [2.24, 2.45) is 5.73 Å². The van der Waals surface area contributed by atoms with Gasteiger partial charge in [-0.25, -0.2) is 4.98 Å². The summed E-state index contributed by atoms with van der Waals surface area (Å²) >= 11 is 1.45. The Morgan fingerprint density at radius 2 is 2.00 bits per heavy atom. The van der Waals surface area contributed by atoms with Gasteiger partial charge in [0.25, 0.3) is 5.91 Å². The molecule has 5 heteroatoms. The van der Waals surface area contributed by atoms with Crippen LogP contribution < -0.4 is 11.5 Å². The summed E-state index contributed by atoms with van der Waals surface area (Å²) in [5.41, 5.74) is 14.7. The normalized spacial score (nSPS) is 13.2. The fraction of sp³-hybridized carbons (Fsp3) is 0.200. The maximum Gasteiger partial charge on any atom is 0.251 e. The highest BCUT2D eigenvalue weighted by molar-refractivity contribution is 7.99. The number of nitrogens with two attached hydrogens (primary N) is 2. The van der Waals surface area contributed by atoms with Crippen LogP contribution in [0.15, 0.2) is 40.4 Å². The summed E-state index contributed by atoms with van der Waals surface area (Å²) in [5, 5.41) is 0.602. The SMILES string of the molecule is NC(=O)c1cc(N)cnc1Sc1ccc2c(c1)CCC2. The van der Waals surface area contributed by atoms with Crippen LogP contribution in [0.25, 0.3) is 0 Å². The zero-order valence-electron chi connectivity index (χ0n) is 10.9. The predicted molar refractivity (Wildman–Crippen MR) is 79.8 cm³/mol. The Kier molecular flexibility index (Phi) is 3.36. The zero-order valence-corrected chi connectivity index (χ0v) is 11.7. The molecule has 0 aliphatic heterocycles. The fourth-order valence-corrected chi connectivity index (χ4v) is 3.38. The van der Waals surface area contributed by atoms with Crippen molar-refractivity contribution in [3.8, 4) is 0 Å². The lowest BCUT2D eigenvalue weighted by atomic mass is 10.1. The number of pyridine rings is 1. The Hall–Kier alpha value is -2.01. The van der Waals surface area contributed by atoms with E-state index < -0.39 is 5.91 Å². The highest BCUT2D eigenvalue weighted by Crippen LogP contribution is 2.33. The number of rotatable bonds is 3. The monoisotopic (exact) mass is 285 g/mol. The molecule has 1 amide bonds. The first-order valence-corrected chi connectivity index (χ1v) is 7.30. The number of hydrogen-bond donors (Lipinski definition) is 2. The average Bonchev–Trinajstić information content (AvgIpc) is 2.88. The van der Waals surface area contributed by atoms with E-state index in [-0.39, 0.29) is 0 Å². The van der Waals surface area contributed by atoms with Crippen LogP contribution in [-0.2, 0) is 12.8 Å². The van der Waals surface area contributed by atoms with Gasteiger partial charge in [-0.1, -0.05) is 17.8 Å². The lowest BCUT2D eigenvalue weighted by Gasteiger charge is -2.08. The molecular formula is C15H15N3OS. The Labute approximate surface area is 121 Å². The van der Waals surface area contributed by atoms with Gasteiger partial charge in [0.15, 0.2) is 0 Å². The summed E-state index contributed by atoms with van der Waals surface area (Å²) in [4.78, 5) is 16.8. The number of amides is 1. The number of primary amides is 1. The van der Waals surface area contributed by atoms with E-state index >= 15 is 0 Å². The molecule has 1 aromatic heterocycles. The van der Waals surface area contributed by atoms with Crippen LogP contribution in [0, 0.1) is 0 Å². The van der Waals surface area contributed by atoms with Crippen LogP contribution >= 0.6 is 11.8 Å². The molecule has 4 nitrogen and oxygen atoms in total. The van der Waals surface area contributed by atoms with E-state index in [2.05, 4.69) is 23.2 Å². The number of benzene rings is 1. The minimum atomic E-state index is -0.506. The van der Waals surface area contributed by atoms with E-state index in [9.17, 15) is 4.79 Å². The molecule has 0 fully saturated rings. The Balaban J connectivity index is 1.93. The summed E-state index contributed by atoms with van der Waals surface area (Å²) in [6.45, 7) is 0. The second-order valence-corrected chi connectivity index (χ2v) is 5.93. The number of carbonyl (C=O) groups excluding carboxylic acids is 1. The third-order valence-electron chi connectivity index (χ3n) is 3.42. The summed E-state index contributed by atoms with van der Waals surface area (Å²) in [6.07, 6.45) is 5.05. The van der Waals surface area contributed by atoms with Gasteiger partial charge in [0.05, 0.1) is 17.4 Å². The Bertz CT molecular complexity index is 685. The molecule has 102 valence electrons. The van der Waals surface area contributed by atoms with E-state index in [4.69, 9.17) is 11.5 Å². The quantitative estimate of drug-likeness (QED) is 0.907.